The zero-order chi connectivity index (χ0) is 21.0. The summed E-state index contributed by atoms with van der Waals surface area (Å²) in [6, 6.07) is 0. The van der Waals surface area contributed by atoms with Crippen LogP contribution in [-0.4, -0.2) is 12.1 Å². The van der Waals surface area contributed by atoms with Gasteiger partial charge in [0.05, 0.1) is 0 Å². The second kappa shape index (κ2) is 7.86. The van der Waals surface area contributed by atoms with Crippen molar-refractivity contribution in [2.45, 2.75) is 112 Å². The molecule has 0 aromatic carbocycles. The third-order valence-corrected chi connectivity index (χ3v) is 10.6. The predicted octanol–water partition coefficient (Wildman–Crippen LogP) is 7.26. The topological polar surface area (TPSA) is 26.3 Å². The summed E-state index contributed by atoms with van der Waals surface area (Å²) in [4.78, 5) is 11.5. The number of ether oxygens (including phenoxy) is 1. The van der Waals surface area contributed by atoms with E-state index in [1.165, 1.54) is 51.4 Å². The Kier molecular flexibility index (Phi) is 5.88. The summed E-state index contributed by atoms with van der Waals surface area (Å²) in [6.45, 7) is 14.2. The van der Waals surface area contributed by atoms with Gasteiger partial charge >= 0.3 is 5.97 Å². The Balaban J connectivity index is 1.49. The molecule has 0 radical (unpaired) electrons. The van der Waals surface area contributed by atoms with Crippen LogP contribution in [0.2, 0.25) is 0 Å². The van der Waals surface area contributed by atoms with Gasteiger partial charge in [0.15, 0.2) is 0 Å². The number of carbonyl (C=O) groups is 1. The van der Waals surface area contributed by atoms with Gasteiger partial charge in [-0.05, 0) is 116 Å². The van der Waals surface area contributed by atoms with Crippen LogP contribution in [-0.2, 0) is 9.53 Å². The lowest BCUT2D eigenvalue weighted by Gasteiger charge is -2.61. The van der Waals surface area contributed by atoms with Crippen molar-refractivity contribution in [2.24, 2.45) is 52.3 Å². The first-order chi connectivity index (χ1) is 13.6. The molecule has 0 heterocycles. The van der Waals surface area contributed by atoms with Crippen LogP contribution in [0.15, 0.2) is 0 Å². The van der Waals surface area contributed by atoms with E-state index < -0.39 is 0 Å². The maximum Gasteiger partial charge on any atom is 0.302 e. The molecule has 0 N–H and O–H groups in total. The SMILES string of the molecule is CC(=O)OC1CCC2(C)C(CCC3C2CCC2(C)C(C(C)CC(C)C)CCC32)C1. The van der Waals surface area contributed by atoms with E-state index >= 15 is 0 Å². The minimum atomic E-state index is -0.0896. The van der Waals surface area contributed by atoms with Crippen LogP contribution in [0.5, 0.6) is 0 Å². The highest BCUT2D eigenvalue weighted by Gasteiger charge is 2.60. The fourth-order valence-electron chi connectivity index (χ4n) is 9.44. The lowest BCUT2D eigenvalue weighted by Crippen LogP contribution is -2.54. The fraction of sp³-hybridized carbons (Fsp3) is 0.963. The van der Waals surface area contributed by atoms with Crippen LogP contribution in [0, 0.1) is 52.3 Å². The van der Waals surface area contributed by atoms with Gasteiger partial charge in [0.2, 0.25) is 0 Å². The molecule has 2 heteroatoms. The molecule has 9 unspecified atom stereocenters. The Labute approximate surface area is 179 Å². The van der Waals surface area contributed by atoms with Gasteiger partial charge < -0.3 is 4.74 Å². The smallest absolute Gasteiger partial charge is 0.302 e. The van der Waals surface area contributed by atoms with E-state index in [0.29, 0.717) is 10.8 Å². The van der Waals surface area contributed by atoms with E-state index in [1.807, 2.05) is 0 Å². The predicted molar refractivity (Wildman–Crippen MR) is 119 cm³/mol. The summed E-state index contributed by atoms with van der Waals surface area (Å²) < 4.78 is 5.64. The van der Waals surface area contributed by atoms with Gasteiger partial charge in [-0.3, -0.25) is 4.79 Å². The molecule has 0 amide bonds. The Hall–Kier alpha value is -0.530. The van der Waals surface area contributed by atoms with E-state index in [-0.39, 0.29) is 12.1 Å². The number of hydrogen-bond acceptors (Lipinski definition) is 2. The van der Waals surface area contributed by atoms with E-state index in [2.05, 4.69) is 34.6 Å². The molecule has 4 rings (SSSR count). The average molecular weight is 403 g/mol. The van der Waals surface area contributed by atoms with Crippen molar-refractivity contribution in [3.8, 4) is 0 Å². The average Bonchev–Trinajstić information content (AvgIpc) is 2.98. The number of carbonyl (C=O) groups excluding carboxylic acids is 1. The van der Waals surface area contributed by atoms with Crippen molar-refractivity contribution in [2.75, 3.05) is 0 Å². The van der Waals surface area contributed by atoms with Crippen LogP contribution in [0.1, 0.15) is 106 Å². The van der Waals surface area contributed by atoms with Gasteiger partial charge in [-0.15, -0.1) is 0 Å². The molecule has 4 fully saturated rings. The minimum Gasteiger partial charge on any atom is -0.463 e. The van der Waals surface area contributed by atoms with Gasteiger partial charge in [0.25, 0.3) is 0 Å². The normalized spacial score (nSPS) is 47.8. The van der Waals surface area contributed by atoms with E-state index in [4.69, 9.17) is 4.74 Å². The van der Waals surface area contributed by atoms with E-state index in [0.717, 1.165) is 54.3 Å². The molecule has 0 saturated heterocycles. The molecule has 0 aromatic heterocycles. The molecule has 4 saturated carbocycles. The fourth-order valence-corrected chi connectivity index (χ4v) is 9.44. The highest BCUT2D eigenvalue weighted by Crippen LogP contribution is 2.68. The van der Waals surface area contributed by atoms with Gasteiger partial charge in [-0.1, -0.05) is 34.6 Å². The third kappa shape index (κ3) is 3.69. The Morgan fingerprint density at radius 1 is 0.931 bits per heavy atom. The summed E-state index contributed by atoms with van der Waals surface area (Å²) in [7, 11) is 0. The quantitative estimate of drug-likeness (QED) is 0.463. The molecule has 9 atom stereocenters. The second-order valence-electron chi connectivity index (χ2n) is 12.5. The third-order valence-electron chi connectivity index (χ3n) is 10.6. The molecule has 29 heavy (non-hydrogen) atoms. The first-order valence-corrected chi connectivity index (χ1v) is 12.8. The summed E-state index contributed by atoms with van der Waals surface area (Å²) in [5, 5.41) is 0. The molecule has 0 spiro atoms. The Bertz CT molecular complexity index is 612. The summed E-state index contributed by atoms with van der Waals surface area (Å²) in [6.07, 6.45) is 13.7. The first kappa shape index (κ1) is 21.7. The zero-order valence-corrected chi connectivity index (χ0v) is 20.0. The highest BCUT2D eigenvalue weighted by molar-refractivity contribution is 5.66. The lowest BCUT2D eigenvalue weighted by atomic mass is 9.44. The number of esters is 1. The van der Waals surface area contributed by atoms with E-state index in [1.54, 1.807) is 6.92 Å². The first-order valence-electron chi connectivity index (χ1n) is 12.8. The largest absolute Gasteiger partial charge is 0.463 e. The van der Waals surface area contributed by atoms with Crippen LogP contribution in [0.4, 0.5) is 0 Å². The van der Waals surface area contributed by atoms with Crippen LogP contribution in [0.3, 0.4) is 0 Å². The number of hydrogen-bond donors (Lipinski definition) is 0. The van der Waals surface area contributed by atoms with E-state index in [9.17, 15) is 4.79 Å². The molecule has 0 bridgehead atoms. The number of rotatable bonds is 4. The minimum absolute atomic E-state index is 0.0896. The van der Waals surface area contributed by atoms with Crippen molar-refractivity contribution in [1.82, 2.24) is 0 Å². The lowest BCUT2D eigenvalue weighted by molar-refractivity contribution is -0.160. The monoisotopic (exact) mass is 402 g/mol. The van der Waals surface area contributed by atoms with Crippen molar-refractivity contribution < 1.29 is 9.53 Å². The summed E-state index contributed by atoms with van der Waals surface area (Å²) in [5.41, 5.74) is 1.08. The van der Waals surface area contributed by atoms with Crippen LogP contribution in [0.25, 0.3) is 0 Å². The number of fused-ring (bicyclic) bond motifs is 5. The molecule has 2 nitrogen and oxygen atoms in total. The van der Waals surface area contributed by atoms with Crippen molar-refractivity contribution in [1.29, 1.82) is 0 Å². The molecule has 0 aromatic rings. The second-order valence-corrected chi connectivity index (χ2v) is 12.5. The molecule has 4 aliphatic rings. The van der Waals surface area contributed by atoms with Crippen molar-refractivity contribution in [3.63, 3.8) is 0 Å². The van der Waals surface area contributed by atoms with Gasteiger partial charge in [-0.25, -0.2) is 0 Å². The maximum absolute atomic E-state index is 11.5. The summed E-state index contributed by atoms with van der Waals surface area (Å²) in [5.74, 6) is 6.16. The molecule has 166 valence electrons. The molecular formula is C27H46O2. The zero-order valence-electron chi connectivity index (χ0n) is 20.0. The van der Waals surface area contributed by atoms with Crippen molar-refractivity contribution in [3.05, 3.63) is 0 Å². The van der Waals surface area contributed by atoms with Gasteiger partial charge in [0, 0.05) is 6.92 Å². The van der Waals surface area contributed by atoms with Gasteiger partial charge in [0.1, 0.15) is 6.10 Å². The Morgan fingerprint density at radius 3 is 2.31 bits per heavy atom. The molecule has 4 aliphatic carbocycles. The molecule has 0 aliphatic heterocycles. The van der Waals surface area contributed by atoms with Gasteiger partial charge in [-0.2, -0.15) is 0 Å². The van der Waals surface area contributed by atoms with Crippen LogP contribution >= 0.6 is 0 Å². The Morgan fingerprint density at radius 2 is 1.62 bits per heavy atom. The standard InChI is InChI=1S/C27H46O2/c1-17(2)15-18(3)23-9-10-24-22-8-7-20-16-21(29-19(4)28)11-13-26(20,5)25(22)12-14-27(23,24)6/h17-18,20-25H,7-16H2,1-6H3. The molecular weight excluding hydrogens is 356 g/mol. The highest BCUT2D eigenvalue weighted by atomic mass is 16.5. The summed E-state index contributed by atoms with van der Waals surface area (Å²) >= 11 is 0. The maximum atomic E-state index is 11.5. The van der Waals surface area contributed by atoms with Crippen LogP contribution < -0.4 is 0 Å². The van der Waals surface area contributed by atoms with Crippen molar-refractivity contribution >= 4 is 5.97 Å².